The van der Waals surface area contributed by atoms with Gasteiger partial charge in [0.15, 0.2) is 0 Å². The highest BCUT2D eigenvalue weighted by Gasteiger charge is 2.26. The van der Waals surface area contributed by atoms with Crippen LogP contribution in [0, 0.1) is 12.8 Å². The number of ether oxygens (including phenoxy) is 1. The Morgan fingerprint density at radius 2 is 2.37 bits per heavy atom. The van der Waals surface area contributed by atoms with Crippen LogP contribution in [0.2, 0.25) is 5.02 Å². The van der Waals surface area contributed by atoms with Crippen molar-refractivity contribution < 1.29 is 4.74 Å². The van der Waals surface area contributed by atoms with Gasteiger partial charge in [-0.25, -0.2) is 0 Å². The predicted molar refractivity (Wildman–Crippen MR) is 82.8 cm³/mol. The van der Waals surface area contributed by atoms with Gasteiger partial charge < -0.3 is 10.1 Å². The summed E-state index contributed by atoms with van der Waals surface area (Å²) in [6.45, 7) is 5.56. The van der Waals surface area contributed by atoms with Gasteiger partial charge in [0.1, 0.15) is 0 Å². The molecule has 1 heterocycles. The molecule has 0 aliphatic carbocycles. The van der Waals surface area contributed by atoms with Gasteiger partial charge in [-0.15, -0.1) is 0 Å². The van der Waals surface area contributed by atoms with E-state index in [1.807, 2.05) is 19.2 Å². The van der Waals surface area contributed by atoms with E-state index in [9.17, 15) is 0 Å². The quantitative estimate of drug-likeness (QED) is 0.838. The van der Waals surface area contributed by atoms with Crippen molar-refractivity contribution in [2.75, 3.05) is 32.5 Å². The molecule has 0 bridgehead atoms. The Morgan fingerprint density at radius 1 is 1.53 bits per heavy atom. The second kappa shape index (κ2) is 7.50. The lowest BCUT2D eigenvalue weighted by Gasteiger charge is -2.25. The molecule has 19 heavy (non-hydrogen) atoms. The van der Waals surface area contributed by atoms with Crippen molar-refractivity contribution in [1.82, 2.24) is 10.0 Å². The molecule has 0 saturated carbocycles. The number of hydrogen-bond acceptors (Lipinski definition) is 4. The molecule has 0 radical (unpaired) electrons. The molecular formula is C14H21ClN2OS. The first-order valence-corrected chi connectivity index (χ1v) is 8.17. The highest BCUT2D eigenvalue weighted by atomic mass is 35.5. The zero-order valence-electron chi connectivity index (χ0n) is 11.4. The highest BCUT2D eigenvalue weighted by Crippen LogP contribution is 2.30. The van der Waals surface area contributed by atoms with Gasteiger partial charge in [-0.2, -0.15) is 0 Å². The number of nitrogens with one attached hydrogen (secondary N) is 2. The van der Waals surface area contributed by atoms with Gasteiger partial charge in [0.25, 0.3) is 0 Å². The molecule has 1 aromatic rings. The molecule has 3 nitrogen and oxygen atoms in total. The van der Waals surface area contributed by atoms with E-state index >= 15 is 0 Å². The molecular weight excluding hydrogens is 280 g/mol. The predicted octanol–water partition coefficient (Wildman–Crippen LogP) is 2.79. The van der Waals surface area contributed by atoms with Gasteiger partial charge in [0.05, 0.1) is 12.7 Å². The van der Waals surface area contributed by atoms with Crippen LogP contribution in [0.5, 0.6) is 0 Å². The van der Waals surface area contributed by atoms with Crippen molar-refractivity contribution >= 4 is 23.5 Å². The van der Waals surface area contributed by atoms with Crippen LogP contribution in [0.1, 0.15) is 17.2 Å². The maximum absolute atomic E-state index is 6.23. The molecule has 2 rings (SSSR count). The minimum absolute atomic E-state index is 0.104. The molecule has 5 heteroatoms. The van der Waals surface area contributed by atoms with E-state index in [1.165, 1.54) is 5.56 Å². The van der Waals surface area contributed by atoms with E-state index in [1.54, 1.807) is 11.9 Å². The highest BCUT2D eigenvalue weighted by molar-refractivity contribution is 7.96. The molecule has 1 aliphatic heterocycles. The molecule has 0 amide bonds. The summed E-state index contributed by atoms with van der Waals surface area (Å²) in [5, 5.41) is 4.24. The third kappa shape index (κ3) is 4.10. The van der Waals surface area contributed by atoms with Crippen molar-refractivity contribution in [3.05, 3.63) is 34.3 Å². The third-order valence-electron chi connectivity index (χ3n) is 3.43. The average Bonchev–Trinajstić information content (AvgIpc) is 2.65. The fourth-order valence-electron chi connectivity index (χ4n) is 2.31. The number of hydrogen-bond donors (Lipinski definition) is 2. The minimum atomic E-state index is 0.104. The Labute approximate surface area is 124 Å². The standard InChI is InChI=1S/C14H21ClN2OS/c1-10-3-4-11(7-13(10)15)14-12(9-17-19-2)8-16-5-6-18-14/h3-4,7,12,14,16-17H,5-6,8-9H2,1-2H3. The van der Waals surface area contributed by atoms with Crippen LogP contribution in [-0.4, -0.2) is 32.5 Å². The summed E-state index contributed by atoms with van der Waals surface area (Å²) in [5.41, 5.74) is 2.28. The fraction of sp³-hybridized carbons (Fsp3) is 0.571. The van der Waals surface area contributed by atoms with Gasteiger partial charge in [0.2, 0.25) is 0 Å². The molecule has 2 unspecified atom stereocenters. The Balaban J connectivity index is 2.18. The van der Waals surface area contributed by atoms with Crippen molar-refractivity contribution in [3.63, 3.8) is 0 Å². The lowest BCUT2D eigenvalue weighted by atomic mass is 9.95. The summed E-state index contributed by atoms with van der Waals surface area (Å²) in [6.07, 6.45) is 2.15. The normalized spacial score (nSPS) is 24.2. The smallest absolute Gasteiger partial charge is 0.0878 e. The molecule has 1 aromatic carbocycles. The van der Waals surface area contributed by atoms with Crippen molar-refractivity contribution in [2.24, 2.45) is 5.92 Å². The zero-order valence-corrected chi connectivity index (χ0v) is 13.0. The van der Waals surface area contributed by atoms with Gasteiger partial charge in [-0.1, -0.05) is 35.7 Å². The van der Waals surface area contributed by atoms with Gasteiger partial charge in [0, 0.05) is 30.6 Å². The van der Waals surface area contributed by atoms with Crippen molar-refractivity contribution in [3.8, 4) is 0 Å². The van der Waals surface area contributed by atoms with Crippen LogP contribution in [0.15, 0.2) is 18.2 Å². The topological polar surface area (TPSA) is 33.3 Å². The van der Waals surface area contributed by atoms with Crippen LogP contribution >= 0.6 is 23.5 Å². The molecule has 1 saturated heterocycles. The van der Waals surface area contributed by atoms with Gasteiger partial charge >= 0.3 is 0 Å². The van der Waals surface area contributed by atoms with E-state index in [4.69, 9.17) is 16.3 Å². The molecule has 0 aromatic heterocycles. The largest absolute Gasteiger partial charge is 0.372 e. The summed E-state index contributed by atoms with van der Waals surface area (Å²) in [7, 11) is 0. The molecule has 2 N–H and O–H groups in total. The molecule has 106 valence electrons. The van der Waals surface area contributed by atoms with Crippen LogP contribution in [-0.2, 0) is 4.74 Å². The van der Waals surface area contributed by atoms with Crippen LogP contribution in [0.3, 0.4) is 0 Å². The Kier molecular flexibility index (Phi) is 5.98. The Hall–Kier alpha value is -0.260. The van der Waals surface area contributed by atoms with Gasteiger partial charge in [-0.05, 0) is 30.4 Å². The van der Waals surface area contributed by atoms with Crippen LogP contribution in [0.25, 0.3) is 0 Å². The first-order valence-electron chi connectivity index (χ1n) is 6.56. The number of aryl methyl sites for hydroxylation is 1. The SMILES string of the molecule is CSNCC1CNCCOC1c1ccc(C)c(Cl)c1. The Bertz CT molecular complexity index is 416. The summed E-state index contributed by atoms with van der Waals surface area (Å²) in [6, 6.07) is 6.24. The monoisotopic (exact) mass is 300 g/mol. The molecule has 1 fully saturated rings. The van der Waals surface area contributed by atoms with E-state index in [2.05, 4.69) is 22.2 Å². The second-order valence-corrected chi connectivity index (χ2v) is 5.92. The van der Waals surface area contributed by atoms with Crippen molar-refractivity contribution in [1.29, 1.82) is 0 Å². The lowest BCUT2D eigenvalue weighted by Crippen LogP contribution is -2.31. The lowest BCUT2D eigenvalue weighted by molar-refractivity contribution is 0.0324. The second-order valence-electron chi connectivity index (χ2n) is 4.82. The van der Waals surface area contributed by atoms with E-state index in [0.717, 1.165) is 36.8 Å². The maximum atomic E-state index is 6.23. The van der Waals surface area contributed by atoms with Crippen molar-refractivity contribution in [2.45, 2.75) is 13.0 Å². The number of halogens is 1. The summed E-state index contributed by atoms with van der Waals surface area (Å²) >= 11 is 7.88. The molecule has 2 atom stereocenters. The Morgan fingerprint density at radius 3 is 3.11 bits per heavy atom. The maximum Gasteiger partial charge on any atom is 0.0878 e. The van der Waals surface area contributed by atoms with E-state index in [0.29, 0.717) is 5.92 Å². The molecule has 1 aliphatic rings. The van der Waals surface area contributed by atoms with Crippen LogP contribution in [0.4, 0.5) is 0 Å². The first-order chi connectivity index (χ1) is 9.22. The fourth-order valence-corrected chi connectivity index (χ4v) is 2.88. The first kappa shape index (κ1) is 15.1. The number of benzene rings is 1. The number of rotatable bonds is 4. The summed E-state index contributed by atoms with van der Waals surface area (Å²) < 4.78 is 9.36. The van der Waals surface area contributed by atoms with Crippen LogP contribution < -0.4 is 10.0 Å². The van der Waals surface area contributed by atoms with E-state index < -0.39 is 0 Å². The van der Waals surface area contributed by atoms with E-state index in [-0.39, 0.29) is 6.10 Å². The minimum Gasteiger partial charge on any atom is -0.372 e. The average molecular weight is 301 g/mol. The molecule has 0 spiro atoms. The third-order valence-corrected chi connectivity index (χ3v) is 4.29. The summed E-state index contributed by atoms with van der Waals surface area (Å²) in [5.74, 6) is 0.411. The zero-order chi connectivity index (χ0) is 13.7. The van der Waals surface area contributed by atoms with Gasteiger partial charge in [-0.3, -0.25) is 4.72 Å². The summed E-state index contributed by atoms with van der Waals surface area (Å²) in [4.78, 5) is 0.